The van der Waals surface area contributed by atoms with Crippen LogP contribution in [0.15, 0.2) is 22.7 Å². The van der Waals surface area contributed by atoms with Crippen LogP contribution in [0.2, 0.25) is 0 Å². The number of rotatable bonds is 2. The first-order chi connectivity index (χ1) is 8.17. The summed E-state index contributed by atoms with van der Waals surface area (Å²) in [5.74, 6) is 1.04. The van der Waals surface area contributed by atoms with Crippen molar-refractivity contribution in [3.63, 3.8) is 0 Å². The van der Waals surface area contributed by atoms with Crippen molar-refractivity contribution in [1.29, 1.82) is 5.26 Å². The lowest BCUT2D eigenvalue weighted by Gasteiger charge is -2.18. The van der Waals surface area contributed by atoms with Gasteiger partial charge in [0.15, 0.2) is 0 Å². The summed E-state index contributed by atoms with van der Waals surface area (Å²) in [4.78, 5) is 13.6. The molecule has 1 aliphatic rings. The molecule has 1 aromatic carbocycles. The van der Waals surface area contributed by atoms with Crippen molar-refractivity contribution in [1.82, 2.24) is 0 Å². The standard InChI is InChI=1S/C12H11BrN2OS/c13-10-2-1-3-11(9(10)5-14)15-6-8(7-17)4-12(15)16/h1-3,8,17H,4,6-7H2. The molecule has 0 aromatic heterocycles. The molecule has 1 aliphatic heterocycles. The van der Waals surface area contributed by atoms with Gasteiger partial charge in [0.25, 0.3) is 0 Å². The molecule has 88 valence electrons. The zero-order valence-corrected chi connectivity index (χ0v) is 11.5. The molecule has 2 rings (SSSR count). The van der Waals surface area contributed by atoms with Gasteiger partial charge in [-0.05, 0) is 39.7 Å². The Kier molecular flexibility index (Phi) is 3.75. The topological polar surface area (TPSA) is 44.1 Å². The molecular weight excluding hydrogens is 300 g/mol. The molecule has 1 unspecified atom stereocenters. The van der Waals surface area contributed by atoms with Crippen LogP contribution >= 0.6 is 28.6 Å². The van der Waals surface area contributed by atoms with Crippen molar-refractivity contribution in [3.8, 4) is 6.07 Å². The van der Waals surface area contributed by atoms with Crippen LogP contribution in [0.25, 0.3) is 0 Å². The number of carbonyl (C=O) groups is 1. The Morgan fingerprint density at radius 1 is 1.59 bits per heavy atom. The van der Waals surface area contributed by atoms with Gasteiger partial charge in [-0.15, -0.1) is 0 Å². The van der Waals surface area contributed by atoms with Gasteiger partial charge in [-0.3, -0.25) is 4.79 Å². The average molecular weight is 311 g/mol. The molecule has 1 saturated heterocycles. The molecule has 5 heteroatoms. The van der Waals surface area contributed by atoms with Crippen LogP contribution in [-0.2, 0) is 4.79 Å². The Bertz CT molecular complexity index is 498. The molecule has 1 atom stereocenters. The Labute approximate surface area is 114 Å². The number of nitriles is 1. The third kappa shape index (κ3) is 2.33. The summed E-state index contributed by atoms with van der Waals surface area (Å²) in [6, 6.07) is 7.58. The zero-order valence-electron chi connectivity index (χ0n) is 9.06. The van der Waals surface area contributed by atoms with Crippen LogP contribution in [0.5, 0.6) is 0 Å². The molecule has 0 aliphatic carbocycles. The van der Waals surface area contributed by atoms with E-state index in [1.54, 1.807) is 11.0 Å². The molecule has 3 nitrogen and oxygen atoms in total. The number of hydrogen-bond donors (Lipinski definition) is 1. The smallest absolute Gasteiger partial charge is 0.227 e. The van der Waals surface area contributed by atoms with Gasteiger partial charge in [-0.1, -0.05) is 6.07 Å². The van der Waals surface area contributed by atoms with Gasteiger partial charge in [0.05, 0.1) is 11.3 Å². The lowest BCUT2D eigenvalue weighted by atomic mass is 10.1. The van der Waals surface area contributed by atoms with Crippen molar-refractivity contribution in [2.24, 2.45) is 5.92 Å². The van der Waals surface area contributed by atoms with E-state index in [1.807, 2.05) is 12.1 Å². The Hall–Kier alpha value is -0.990. The van der Waals surface area contributed by atoms with Crippen LogP contribution < -0.4 is 4.90 Å². The van der Waals surface area contributed by atoms with Crippen LogP contribution in [0, 0.1) is 17.2 Å². The number of amides is 1. The van der Waals surface area contributed by atoms with Crippen molar-refractivity contribution >= 4 is 40.2 Å². The van der Waals surface area contributed by atoms with Gasteiger partial charge in [0, 0.05) is 17.4 Å². The predicted molar refractivity (Wildman–Crippen MR) is 73.2 cm³/mol. The molecule has 0 N–H and O–H groups in total. The van der Waals surface area contributed by atoms with E-state index in [4.69, 9.17) is 5.26 Å². The number of halogens is 1. The normalized spacial score (nSPS) is 19.5. The third-order valence-corrected chi connectivity index (χ3v) is 4.03. The molecule has 17 heavy (non-hydrogen) atoms. The molecular formula is C12H11BrN2OS. The maximum absolute atomic E-state index is 11.9. The number of anilines is 1. The summed E-state index contributed by atoms with van der Waals surface area (Å²) in [6.07, 6.45) is 0.515. The van der Waals surface area contributed by atoms with Gasteiger partial charge in [-0.25, -0.2) is 0 Å². The number of benzene rings is 1. The average Bonchev–Trinajstić information content (AvgIpc) is 2.70. The predicted octanol–water partition coefficient (Wildman–Crippen LogP) is 2.60. The number of thiol groups is 1. The van der Waals surface area contributed by atoms with E-state index in [9.17, 15) is 4.79 Å². The summed E-state index contributed by atoms with van der Waals surface area (Å²) in [5.41, 5.74) is 1.21. The van der Waals surface area contributed by atoms with E-state index >= 15 is 0 Å². The van der Waals surface area contributed by atoms with E-state index in [-0.39, 0.29) is 11.8 Å². The molecule has 0 radical (unpaired) electrons. The van der Waals surface area contributed by atoms with Crippen molar-refractivity contribution in [2.75, 3.05) is 17.2 Å². The van der Waals surface area contributed by atoms with Crippen LogP contribution in [0.4, 0.5) is 5.69 Å². The highest BCUT2D eigenvalue weighted by atomic mass is 79.9. The largest absolute Gasteiger partial charge is 0.311 e. The van der Waals surface area contributed by atoms with E-state index in [2.05, 4.69) is 34.6 Å². The van der Waals surface area contributed by atoms with Gasteiger partial charge < -0.3 is 4.90 Å². The second kappa shape index (κ2) is 5.11. The summed E-state index contributed by atoms with van der Waals surface area (Å²) in [5, 5.41) is 9.14. The fourth-order valence-corrected chi connectivity index (χ4v) is 2.67. The zero-order chi connectivity index (χ0) is 12.4. The third-order valence-electron chi connectivity index (χ3n) is 2.86. The van der Waals surface area contributed by atoms with Crippen LogP contribution in [0.3, 0.4) is 0 Å². The Balaban J connectivity index is 2.39. The Morgan fingerprint density at radius 2 is 2.35 bits per heavy atom. The molecule has 1 heterocycles. The number of nitrogens with zero attached hydrogens (tertiary/aromatic N) is 2. The summed E-state index contributed by atoms with van der Waals surface area (Å²) in [7, 11) is 0. The second-order valence-electron chi connectivity index (χ2n) is 4.00. The molecule has 0 spiro atoms. The van der Waals surface area contributed by atoms with E-state index < -0.39 is 0 Å². The quantitative estimate of drug-likeness (QED) is 0.853. The maximum Gasteiger partial charge on any atom is 0.227 e. The highest BCUT2D eigenvalue weighted by molar-refractivity contribution is 9.10. The highest BCUT2D eigenvalue weighted by Gasteiger charge is 2.31. The number of hydrogen-bond acceptors (Lipinski definition) is 3. The van der Waals surface area contributed by atoms with Crippen molar-refractivity contribution in [3.05, 3.63) is 28.2 Å². The van der Waals surface area contributed by atoms with E-state index in [1.165, 1.54) is 0 Å². The van der Waals surface area contributed by atoms with E-state index in [0.29, 0.717) is 30.0 Å². The lowest BCUT2D eigenvalue weighted by molar-refractivity contribution is -0.117. The second-order valence-corrected chi connectivity index (χ2v) is 5.22. The highest BCUT2D eigenvalue weighted by Crippen LogP contribution is 2.31. The van der Waals surface area contributed by atoms with Crippen LogP contribution in [0.1, 0.15) is 12.0 Å². The van der Waals surface area contributed by atoms with Crippen LogP contribution in [-0.4, -0.2) is 18.2 Å². The summed E-state index contributed by atoms with van der Waals surface area (Å²) >= 11 is 7.56. The minimum absolute atomic E-state index is 0.0682. The van der Waals surface area contributed by atoms with Crippen molar-refractivity contribution < 1.29 is 4.79 Å². The Morgan fingerprint density at radius 3 is 2.94 bits per heavy atom. The SMILES string of the molecule is N#Cc1c(Br)cccc1N1CC(CS)CC1=O. The first kappa shape index (κ1) is 12.5. The minimum atomic E-state index is 0.0682. The molecule has 1 aromatic rings. The first-order valence-corrected chi connectivity index (χ1v) is 6.69. The van der Waals surface area contributed by atoms with Gasteiger partial charge >= 0.3 is 0 Å². The molecule has 0 bridgehead atoms. The lowest BCUT2D eigenvalue weighted by Crippen LogP contribution is -2.25. The number of carbonyl (C=O) groups excluding carboxylic acids is 1. The molecule has 1 amide bonds. The fourth-order valence-electron chi connectivity index (χ4n) is 1.99. The summed E-state index contributed by atoms with van der Waals surface area (Å²) in [6.45, 7) is 0.646. The van der Waals surface area contributed by atoms with Crippen molar-refractivity contribution in [2.45, 2.75) is 6.42 Å². The van der Waals surface area contributed by atoms with Gasteiger partial charge in [0.2, 0.25) is 5.91 Å². The van der Waals surface area contributed by atoms with E-state index in [0.717, 1.165) is 4.47 Å². The first-order valence-electron chi connectivity index (χ1n) is 5.27. The molecule has 1 fully saturated rings. The van der Waals surface area contributed by atoms with Gasteiger partial charge in [0.1, 0.15) is 6.07 Å². The van der Waals surface area contributed by atoms with Gasteiger partial charge in [-0.2, -0.15) is 17.9 Å². The minimum Gasteiger partial charge on any atom is -0.311 e. The molecule has 0 saturated carbocycles. The summed E-state index contributed by atoms with van der Waals surface area (Å²) < 4.78 is 0.722. The maximum atomic E-state index is 11.9. The monoisotopic (exact) mass is 310 g/mol. The fraction of sp³-hybridized carbons (Fsp3) is 0.333.